The number of benzene rings is 4. The van der Waals surface area contributed by atoms with Gasteiger partial charge in [-0.05, 0) is 142 Å². The Balaban J connectivity index is 0.809. The molecule has 374 valence electrons. The van der Waals surface area contributed by atoms with Gasteiger partial charge in [0.2, 0.25) is 11.8 Å². The lowest BCUT2D eigenvalue weighted by molar-refractivity contribution is -0.121. The van der Waals surface area contributed by atoms with Crippen molar-refractivity contribution in [1.82, 2.24) is 0 Å². The number of amides is 6. The van der Waals surface area contributed by atoms with E-state index in [1.165, 1.54) is 0 Å². The predicted octanol–water partition coefficient (Wildman–Crippen LogP) is 6.17. The fraction of sp³-hybridized carbons (Fsp3) is 0.382. The first kappa shape index (κ1) is 47.3. The van der Waals surface area contributed by atoms with E-state index < -0.39 is 46.3 Å². The third-order valence-corrected chi connectivity index (χ3v) is 16.2. The molecule has 5 aliphatic heterocycles. The third-order valence-electron chi connectivity index (χ3n) is 16.2. The van der Waals surface area contributed by atoms with Crippen LogP contribution >= 0.6 is 0 Å². The lowest BCUT2D eigenvalue weighted by atomic mass is 9.76. The fourth-order valence-electron chi connectivity index (χ4n) is 11.9. The smallest absolute Gasteiger partial charge is 0.273 e. The van der Waals surface area contributed by atoms with E-state index in [2.05, 4.69) is 0 Å². The summed E-state index contributed by atoms with van der Waals surface area (Å²) in [5, 5.41) is 17.5. The molecule has 6 fully saturated rings. The quantitative estimate of drug-likeness (QED) is 0.119. The first-order valence-electron chi connectivity index (χ1n) is 25.0. The summed E-state index contributed by atoms with van der Waals surface area (Å²) in [4.78, 5) is 97.2. The Hall–Kier alpha value is -8.02. The van der Waals surface area contributed by atoms with E-state index in [0.29, 0.717) is 98.2 Å². The minimum atomic E-state index is -0.900. The van der Waals surface area contributed by atoms with Gasteiger partial charge in [0, 0.05) is 84.1 Å². The Morgan fingerprint density at radius 3 is 1.62 bits per heavy atom. The summed E-state index contributed by atoms with van der Waals surface area (Å²) in [6.45, 7) is 2.02. The number of ether oxygens (including phenoxy) is 2. The Morgan fingerprint density at radius 2 is 1.14 bits per heavy atom. The number of nitrogens with two attached hydrogens (primary N) is 2. The highest BCUT2D eigenvalue weighted by Gasteiger charge is 2.61. The number of aliphatic imine (C=N–C) groups is 2. The zero-order chi connectivity index (χ0) is 50.9. The average molecular weight is 985 g/mol. The van der Waals surface area contributed by atoms with Gasteiger partial charge < -0.3 is 40.5 Å². The second kappa shape index (κ2) is 18.2. The molecule has 0 aromatic heterocycles. The Labute approximate surface area is 421 Å². The average Bonchev–Trinajstić information content (AvgIpc) is 4.32. The molecular weight excluding hydrogens is 929 g/mol. The van der Waals surface area contributed by atoms with Crippen molar-refractivity contribution in [2.45, 2.75) is 63.7 Å². The molecule has 4 atom stereocenters. The molecule has 4 unspecified atom stereocenters. The van der Waals surface area contributed by atoms with E-state index >= 15 is 0 Å². The number of hydrogen-bond acceptors (Lipinski definition) is 12. The Morgan fingerprint density at radius 1 is 0.644 bits per heavy atom. The number of fused-ring (bicyclic) bond motifs is 1. The molecule has 2 aliphatic carbocycles. The van der Waals surface area contributed by atoms with Gasteiger partial charge in [-0.2, -0.15) is 0 Å². The Bertz CT molecular complexity index is 3070. The van der Waals surface area contributed by atoms with Crippen LogP contribution in [-0.4, -0.2) is 98.2 Å². The summed E-state index contributed by atoms with van der Waals surface area (Å²) in [7, 11) is 1.55. The van der Waals surface area contributed by atoms with Crippen LogP contribution in [0.2, 0.25) is 0 Å². The number of hydrogen-bond donors (Lipinski definition) is 4. The number of primary amides is 2. The van der Waals surface area contributed by atoms with E-state index in [-0.39, 0.29) is 66.0 Å². The maximum absolute atomic E-state index is 14.6. The molecule has 6 amide bonds. The van der Waals surface area contributed by atoms with Crippen molar-refractivity contribution in [2.24, 2.45) is 50.0 Å². The zero-order valence-corrected chi connectivity index (χ0v) is 40.5. The van der Waals surface area contributed by atoms with E-state index in [9.17, 15) is 28.8 Å². The van der Waals surface area contributed by atoms with Gasteiger partial charge in [-0.1, -0.05) is 0 Å². The molecule has 73 heavy (non-hydrogen) atoms. The van der Waals surface area contributed by atoms with Crippen molar-refractivity contribution in [3.63, 3.8) is 0 Å². The van der Waals surface area contributed by atoms with Gasteiger partial charge in [0.25, 0.3) is 23.6 Å². The normalized spacial score (nSPS) is 25.0. The molecule has 0 bridgehead atoms. The minimum Gasteiger partial charge on any atom is -0.497 e. The molecule has 2 saturated carbocycles. The second-order valence-corrected chi connectivity index (χ2v) is 20.6. The van der Waals surface area contributed by atoms with Gasteiger partial charge in [0.1, 0.15) is 34.3 Å². The van der Waals surface area contributed by atoms with E-state index in [1.807, 2.05) is 60.7 Å². The van der Waals surface area contributed by atoms with Gasteiger partial charge >= 0.3 is 0 Å². The number of carbonyl (C=O) groups is 6. The molecule has 18 nitrogen and oxygen atoms in total. The van der Waals surface area contributed by atoms with Gasteiger partial charge in [-0.3, -0.25) is 39.6 Å². The standard InChI is InChI=1S/C55H56N10O8/c1-72-38-16-5-32(6-17-38)60-48-44(46(56)50(58)68)54(20-21-54)29-64(52(48)70)37-14-10-35(11-15-37)63-25-19-31(26-43(63)67)40-28-73-41-18-7-33(27-39(40)41)61-49-45(47(57)51(59)69)55(22-23-55)30-65(53(49)71)36-12-8-34(9-13-36)62-24-3-2-4-42(62)66/h5-18,27,31,40,44-45,56-57H,2-4,19-26,28-30H2,1H3,(H2,58,68)(H2,59,69). The molecule has 2 spiro atoms. The van der Waals surface area contributed by atoms with Crippen LogP contribution in [0.25, 0.3) is 0 Å². The summed E-state index contributed by atoms with van der Waals surface area (Å²) in [6.07, 6.45) is 5.96. The lowest BCUT2D eigenvalue weighted by Crippen LogP contribution is -2.56. The second-order valence-electron chi connectivity index (χ2n) is 20.6. The van der Waals surface area contributed by atoms with Crippen LogP contribution in [0.3, 0.4) is 0 Å². The molecule has 6 N–H and O–H groups in total. The largest absolute Gasteiger partial charge is 0.497 e. The fourth-order valence-corrected chi connectivity index (χ4v) is 11.9. The monoisotopic (exact) mass is 984 g/mol. The van der Waals surface area contributed by atoms with Crippen LogP contribution in [0.15, 0.2) is 101 Å². The van der Waals surface area contributed by atoms with Gasteiger partial charge in [0.05, 0.1) is 36.9 Å². The number of nitrogens with zero attached hydrogens (tertiary/aromatic N) is 6. The molecule has 7 aliphatic rings. The number of piperidine rings is 4. The molecule has 4 aromatic rings. The van der Waals surface area contributed by atoms with Crippen LogP contribution in [0.4, 0.5) is 34.1 Å². The van der Waals surface area contributed by atoms with E-state index in [0.717, 1.165) is 24.1 Å². The lowest BCUT2D eigenvalue weighted by Gasteiger charge is -2.39. The van der Waals surface area contributed by atoms with Crippen molar-refractivity contribution < 1.29 is 38.2 Å². The van der Waals surface area contributed by atoms with Gasteiger partial charge in [0.15, 0.2) is 0 Å². The van der Waals surface area contributed by atoms with E-state index in [1.54, 1.807) is 57.0 Å². The molecular formula is C55H56N10O8. The van der Waals surface area contributed by atoms with Crippen LogP contribution < -0.4 is 40.5 Å². The van der Waals surface area contributed by atoms with Crippen molar-refractivity contribution in [3.05, 3.63) is 96.6 Å². The van der Waals surface area contributed by atoms with Crippen LogP contribution in [0.1, 0.15) is 69.3 Å². The molecule has 5 heterocycles. The highest BCUT2D eigenvalue weighted by molar-refractivity contribution is 6.55. The maximum atomic E-state index is 14.6. The first-order chi connectivity index (χ1) is 35.2. The Kier molecular flexibility index (Phi) is 11.8. The summed E-state index contributed by atoms with van der Waals surface area (Å²) in [5.41, 5.74) is 14.2. The zero-order valence-electron chi connectivity index (χ0n) is 40.5. The molecule has 11 rings (SSSR count). The predicted molar refractivity (Wildman–Crippen MR) is 275 cm³/mol. The summed E-state index contributed by atoms with van der Waals surface area (Å²) < 4.78 is 11.5. The number of nitrogens with one attached hydrogen (secondary N) is 2. The number of rotatable bonds is 12. The molecule has 4 aromatic carbocycles. The van der Waals surface area contributed by atoms with Crippen LogP contribution in [-0.2, 0) is 28.8 Å². The molecule has 4 saturated heterocycles. The third kappa shape index (κ3) is 8.51. The summed E-state index contributed by atoms with van der Waals surface area (Å²) >= 11 is 0. The van der Waals surface area contributed by atoms with Crippen molar-refractivity contribution in [3.8, 4) is 11.5 Å². The molecule has 0 radical (unpaired) electrons. The molecule has 18 heteroatoms. The summed E-state index contributed by atoms with van der Waals surface area (Å²) in [5.74, 6) is -3.30. The number of carbonyl (C=O) groups excluding carboxylic acids is 6. The van der Waals surface area contributed by atoms with E-state index in [4.69, 9.17) is 41.7 Å². The first-order valence-corrected chi connectivity index (χ1v) is 25.0. The van der Waals surface area contributed by atoms with Crippen molar-refractivity contribution >= 4 is 92.4 Å². The minimum absolute atomic E-state index is 0.0625. The SMILES string of the molecule is COc1ccc(N=C2C(=O)N(c3ccc(N4CCC(C5COc6ccc(N=C7C(=O)N(c8ccc(N9CCCCC9=O)cc8)CC8(CC8)C7C(=N)C(N)=O)cc65)CC4=O)cc3)CC3(CC3)C2C(=N)C(N)=O)cc1. The van der Waals surface area contributed by atoms with Crippen molar-refractivity contribution in [2.75, 3.05) is 59.5 Å². The highest BCUT2D eigenvalue weighted by Crippen LogP contribution is 2.58. The highest BCUT2D eigenvalue weighted by atomic mass is 16.5. The van der Waals surface area contributed by atoms with Crippen molar-refractivity contribution in [1.29, 1.82) is 10.8 Å². The topological polar surface area (TPSA) is 258 Å². The maximum Gasteiger partial charge on any atom is 0.273 e. The van der Waals surface area contributed by atoms with Crippen LogP contribution in [0.5, 0.6) is 11.5 Å². The van der Waals surface area contributed by atoms with Crippen LogP contribution in [0, 0.1) is 39.4 Å². The number of anilines is 4. The van der Waals surface area contributed by atoms with Gasteiger partial charge in [-0.15, -0.1) is 0 Å². The number of methoxy groups -OCH3 is 1. The van der Waals surface area contributed by atoms with Gasteiger partial charge in [-0.25, -0.2) is 9.98 Å². The summed E-state index contributed by atoms with van der Waals surface area (Å²) in [6, 6.07) is 27.0.